The van der Waals surface area contributed by atoms with E-state index in [9.17, 15) is 18.0 Å². The van der Waals surface area contributed by atoms with Crippen LogP contribution in [-0.2, 0) is 10.1 Å². The fourth-order valence-corrected chi connectivity index (χ4v) is 2.02. The first-order valence-corrected chi connectivity index (χ1v) is 6.18. The Morgan fingerprint density at radius 2 is 1.33 bits per heavy atom. The normalized spacial score (nSPS) is 10.1. The third kappa shape index (κ3) is 7.52. The first kappa shape index (κ1) is 22.3. The van der Waals surface area contributed by atoms with E-state index in [-0.39, 0.29) is 29.6 Å². The minimum Gasteiger partial charge on any atom is -0.478 e. The predicted molar refractivity (Wildman–Crippen MR) is 63.8 cm³/mol. The molecule has 0 atom stereocenters. The summed E-state index contributed by atoms with van der Waals surface area (Å²) in [7, 11) is -4.92. The zero-order valence-electron chi connectivity index (χ0n) is 10.8. The van der Waals surface area contributed by atoms with Gasteiger partial charge < -0.3 is 20.4 Å². The third-order valence-electron chi connectivity index (χ3n) is 1.73. The van der Waals surface area contributed by atoms with Gasteiger partial charge in [-0.3, -0.25) is 11.5 Å². The van der Waals surface area contributed by atoms with E-state index >= 15 is 0 Å². The zero-order valence-corrected chi connectivity index (χ0v) is 13.6. The minimum absolute atomic E-state index is 0. The summed E-state index contributed by atoms with van der Waals surface area (Å²) in [4.78, 5) is 20.2. The molecule has 1 rings (SSSR count). The van der Waals surface area contributed by atoms with E-state index in [1.165, 1.54) is 0 Å². The molecule has 0 aromatic heterocycles. The molecule has 5 N–H and O–H groups in total. The predicted octanol–water partition coefficient (Wildman–Crippen LogP) is -3.54. The van der Waals surface area contributed by atoms with Crippen LogP contribution in [0.1, 0.15) is 20.7 Å². The maximum atomic E-state index is 10.9. The van der Waals surface area contributed by atoms with E-state index in [4.69, 9.17) is 25.0 Å². The van der Waals surface area contributed by atoms with Crippen LogP contribution in [0.25, 0.3) is 0 Å². The molecule has 0 saturated carbocycles. The molecule has 0 amide bonds. The Balaban J connectivity index is 0. The van der Waals surface area contributed by atoms with Gasteiger partial charge in [-0.2, -0.15) is 8.42 Å². The summed E-state index contributed by atoms with van der Waals surface area (Å²) in [5.74, 6) is -3.29. The fraction of sp³-hybridized carbons (Fsp3) is 0.100. The van der Waals surface area contributed by atoms with Gasteiger partial charge in [0, 0.05) is 6.29 Å². The van der Waals surface area contributed by atoms with Crippen LogP contribution >= 0.6 is 0 Å². The molecule has 1 aromatic rings. The van der Waals surface area contributed by atoms with Gasteiger partial charge in [-0.15, -0.1) is 0 Å². The molecule has 0 saturated heterocycles. The summed E-state index contributed by atoms with van der Waals surface area (Å²) in [6.45, 7) is 2.75. The molecule has 0 heterocycles. The van der Waals surface area contributed by atoms with Crippen molar-refractivity contribution >= 4 is 22.1 Å². The number of carboxylic acids is 2. The Hall–Kier alpha value is -1.01. The average Bonchev–Trinajstić information content (AvgIpc) is 2.25. The first-order chi connectivity index (χ1) is 8.98. The van der Waals surface area contributed by atoms with Crippen LogP contribution in [0.15, 0.2) is 23.1 Å². The molecule has 0 fully saturated rings. The average molecular weight is 330 g/mol. The van der Waals surface area contributed by atoms with E-state index in [1.54, 1.807) is 0 Å². The number of aliphatic hydroxyl groups excluding tert-OH is 1. The molecule has 0 spiro atoms. The molecule has 0 aliphatic carbocycles. The van der Waals surface area contributed by atoms with Crippen LogP contribution in [0.4, 0.5) is 0 Å². The second kappa shape index (κ2) is 9.10. The van der Waals surface area contributed by atoms with Crippen LogP contribution in [0.3, 0.4) is 0 Å². The SMILES string of the molecule is O=C(O)c1cccc(C(=O)O)c1S(=O)(=O)O.[CH2-]C(O)O.[Na+]. The van der Waals surface area contributed by atoms with Crippen molar-refractivity contribution in [3.63, 3.8) is 0 Å². The van der Waals surface area contributed by atoms with Gasteiger partial charge in [0.2, 0.25) is 0 Å². The van der Waals surface area contributed by atoms with Crippen molar-refractivity contribution in [3.05, 3.63) is 36.2 Å². The van der Waals surface area contributed by atoms with Crippen molar-refractivity contribution in [2.75, 3.05) is 0 Å². The first-order valence-electron chi connectivity index (χ1n) is 4.74. The molecule has 0 aliphatic heterocycles. The van der Waals surface area contributed by atoms with Gasteiger partial charge in [0.15, 0.2) is 0 Å². The van der Waals surface area contributed by atoms with Crippen molar-refractivity contribution < 1.29 is 72.5 Å². The summed E-state index contributed by atoms with van der Waals surface area (Å²) in [5.41, 5.74) is -1.58. The Kier molecular flexibility index (Phi) is 9.65. The molecule has 112 valence electrons. The van der Waals surface area contributed by atoms with Gasteiger partial charge in [0.1, 0.15) is 4.90 Å². The molecule has 1 aromatic carbocycles. The number of carbonyl (C=O) groups is 2. The van der Waals surface area contributed by atoms with Crippen LogP contribution in [-0.4, -0.2) is 51.6 Å². The number of rotatable bonds is 3. The van der Waals surface area contributed by atoms with Gasteiger partial charge in [-0.05, 0) is 12.1 Å². The van der Waals surface area contributed by atoms with E-state index < -0.39 is 44.4 Å². The Labute approximate surface area is 141 Å². The minimum atomic E-state index is -4.92. The Morgan fingerprint density at radius 3 is 1.52 bits per heavy atom. The number of aromatic carboxylic acids is 2. The summed E-state index contributed by atoms with van der Waals surface area (Å²) in [6, 6.07) is 2.84. The van der Waals surface area contributed by atoms with E-state index in [0.717, 1.165) is 18.2 Å². The molecular weight excluding hydrogens is 319 g/mol. The summed E-state index contributed by atoms with van der Waals surface area (Å²) < 4.78 is 30.6. The maximum Gasteiger partial charge on any atom is 1.00 e. The fourth-order valence-electron chi connectivity index (χ4n) is 1.15. The van der Waals surface area contributed by atoms with Crippen LogP contribution < -0.4 is 29.6 Å². The van der Waals surface area contributed by atoms with Crippen LogP contribution in [0.5, 0.6) is 0 Å². The van der Waals surface area contributed by atoms with Gasteiger partial charge in [0.05, 0.1) is 11.1 Å². The van der Waals surface area contributed by atoms with Crippen molar-refractivity contribution in [1.82, 2.24) is 0 Å². The number of hydrogen-bond donors (Lipinski definition) is 5. The van der Waals surface area contributed by atoms with Crippen molar-refractivity contribution in [1.29, 1.82) is 0 Å². The van der Waals surface area contributed by atoms with Gasteiger partial charge in [0.25, 0.3) is 10.1 Å². The molecule has 9 nitrogen and oxygen atoms in total. The molecule has 0 aliphatic rings. The van der Waals surface area contributed by atoms with Crippen molar-refractivity contribution in [3.8, 4) is 0 Å². The number of carboxylic acid groups (broad SMARTS) is 2. The van der Waals surface area contributed by atoms with E-state index in [2.05, 4.69) is 6.92 Å². The molecule has 0 bridgehead atoms. The number of aliphatic hydroxyl groups is 2. The summed E-state index contributed by atoms with van der Waals surface area (Å²) >= 11 is 0. The Bertz CT molecular complexity index is 574. The van der Waals surface area contributed by atoms with Gasteiger partial charge in [-0.1, -0.05) is 6.07 Å². The van der Waals surface area contributed by atoms with Gasteiger partial charge in [-0.25, -0.2) is 9.59 Å². The summed E-state index contributed by atoms with van der Waals surface area (Å²) in [5, 5.41) is 32.3. The van der Waals surface area contributed by atoms with E-state index in [1.807, 2.05) is 0 Å². The number of benzene rings is 1. The molecule has 11 heteroatoms. The van der Waals surface area contributed by atoms with Crippen molar-refractivity contribution in [2.24, 2.45) is 0 Å². The number of hydrogen-bond acceptors (Lipinski definition) is 6. The van der Waals surface area contributed by atoms with Crippen LogP contribution in [0.2, 0.25) is 0 Å². The zero-order chi connectivity index (χ0) is 16.1. The quantitative estimate of drug-likeness (QED) is 0.163. The smallest absolute Gasteiger partial charge is 0.478 e. The maximum absolute atomic E-state index is 10.9. The van der Waals surface area contributed by atoms with Crippen molar-refractivity contribution in [2.45, 2.75) is 11.2 Å². The Morgan fingerprint density at radius 1 is 1.05 bits per heavy atom. The standard InChI is InChI=1S/C8H6O7S.C2H5O2.Na/c9-7(10)4-2-1-3-5(8(11)12)6(4)16(13,14)15;1-2(3)4;/h1-3H,(H,9,10)(H,11,12)(H,13,14,15);2-4H,1H2;/q;-1;+1. The summed E-state index contributed by atoms with van der Waals surface area (Å²) in [6.07, 6.45) is -1.42. The second-order valence-corrected chi connectivity index (χ2v) is 4.61. The molecule has 0 unspecified atom stereocenters. The monoisotopic (exact) mass is 330 g/mol. The van der Waals surface area contributed by atoms with Gasteiger partial charge >= 0.3 is 41.5 Å². The molecular formula is C10H11NaO9S. The molecule has 21 heavy (non-hydrogen) atoms. The largest absolute Gasteiger partial charge is 1.00 e. The topological polar surface area (TPSA) is 169 Å². The third-order valence-corrected chi connectivity index (χ3v) is 2.69. The second-order valence-electron chi connectivity index (χ2n) is 3.25. The van der Waals surface area contributed by atoms with Crippen LogP contribution in [0, 0.1) is 6.92 Å². The molecule has 0 radical (unpaired) electrons. The van der Waals surface area contributed by atoms with E-state index in [0.29, 0.717) is 0 Å².